The van der Waals surface area contributed by atoms with Crippen molar-refractivity contribution in [3.05, 3.63) is 5.82 Å². The van der Waals surface area contributed by atoms with E-state index in [1.54, 1.807) is 18.7 Å². The van der Waals surface area contributed by atoms with E-state index in [1.807, 2.05) is 0 Å². The van der Waals surface area contributed by atoms with Crippen molar-refractivity contribution in [1.82, 2.24) is 15.0 Å². The van der Waals surface area contributed by atoms with Crippen LogP contribution in [0, 0.1) is 12.8 Å². The molecule has 1 N–H and O–H groups in total. The average molecular weight is 311 g/mol. The molecule has 1 aromatic heterocycles. The topological polar surface area (TPSA) is 53.9 Å². The summed E-state index contributed by atoms with van der Waals surface area (Å²) in [6, 6.07) is 0.377. The molecule has 1 aliphatic carbocycles. The van der Waals surface area contributed by atoms with Gasteiger partial charge in [0.05, 0.1) is 6.54 Å². The smallest absolute Gasteiger partial charge is 0.269 e. The Hall–Kier alpha value is -1.53. The van der Waals surface area contributed by atoms with Gasteiger partial charge in [0, 0.05) is 18.5 Å². The van der Waals surface area contributed by atoms with Gasteiger partial charge in [0.15, 0.2) is 0 Å². The number of hydrogen-bond donors (Lipinski definition) is 1. The predicted octanol–water partition coefficient (Wildman–Crippen LogP) is 3.02. The van der Waals surface area contributed by atoms with E-state index in [1.165, 1.54) is 19.3 Å². The number of aryl methyl sites for hydroxylation is 1. The maximum atomic E-state index is 13.7. The number of rotatable bonds is 3. The maximum Gasteiger partial charge on any atom is 0.269 e. The zero-order chi connectivity index (χ0) is 15.7. The summed E-state index contributed by atoms with van der Waals surface area (Å²) in [4.78, 5) is 14.5. The standard InChI is InChI=1S/C15H23F2N5/c1-10-8-22(9-15(10,16)17)14-19-11(2)18-13(21-14)20-12-6-4-3-5-7-12/h10,12H,3-9H2,1-2H3,(H,18,19,20,21). The first-order chi connectivity index (χ1) is 10.4. The van der Waals surface area contributed by atoms with Crippen LogP contribution in [0.15, 0.2) is 0 Å². The number of nitrogens with one attached hydrogen (secondary N) is 1. The van der Waals surface area contributed by atoms with E-state index in [0.717, 1.165) is 12.8 Å². The molecule has 0 aromatic carbocycles. The zero-order valence-corrected chi connectivity index (χ0v) is 13.1. The van der Waals surface area contributed by atoms with Gasteiger partial charge in [-0.2, -0.15) is 15.0 Å². The Labute approximate surface area is 129 Å². The van der Waals surface area contributed by atoms with Crippen molar-refractivity contribution in [1.29, 1.82) is 0 Å². The lowest BCUT2D eigenvalue weighted by atomic mass is 9.96. The summed E-state index contributed by atoms with van der Waals surface area (Å²) in [5, 5.41) is 3.34. The molecule has 7 heteroatoms. The lowest BCUT2D eigenvalue weighted by molar-refractivity contribution is -0.0138. The molecule has 2 aliphatic rings. The van der Waals surface area contributed by atoms with E-state index < -0.39 is 11.8 Å². The molecule has 5 nitrogen and oxygen atoms in total. The molecule has 3 rings (SSSR count). The van der Waals surface area contributed by atoms with E-state index in [9.17, 15) is 8.78 Å². The maximum absolute atomic E-state index is 13.7. The van der Waals surface area contributed by atoms with Crippen LogP contribution in [0.3, 0.4) is 0 Å². The van der Waals surface area contributed by atoms with Crippen molar-refractivity contribution >= 4 is 11.9 Å². The summed E-state index contributed by atoms with van der Waals surface area (Å²) in [6.45, 7) is 3.30. The lowest BCUT2D eigenvalue weighted by Gasteiger charge is -2.23. The Morgan fingerprint density at radius 1 is 1.14 bits per heavy atom. The molecule has 0 radical (unpaired) electrons. The first-order valence-corrected chi connectivity index (χ1v) is 8.06. The van der Waals surface area contributed by atoms with Crippen molar-refractivity contribution in [2.45, 2.75) is 57.9 Å². The highest BCUT2D eigenvalue weighted by Crippen LogP contribution is 2.34. The quantitative estimate of drug-likeness (QED) is 0.930. The van der Waals surface area contributed by atoms with E-state index in [2.05, 4.69) is 20.3 Å². The molecule has 1 saturated carbocycles. The summed E-state index contributed by atoms with van der Waals surface area (Å²) in [5.41, 5.74) is 0. The monoisotopic (exact) mass is 311 g/mol. The van der Waals surface area contributed by atoms with Crippen molar-refractivity contribution in [2.75, 3.05) is 23.3 Å². The fourth-order valence-corrected chi connectivity index (χ4v) is 3.19. The Bertz CT molecular complexity index is 531. The van der Waals surface area contributed by atoms with Gasteiger partial charge in [-0.05, 0) is 19.8 Å². The third kappa shape index (κ3) is 3.28. The van der Waals surface area contributed by atoms with Gasteiger partial charge in [-0.3, -0.25) is 0 Å². The van der Waals surface area contributed by atoms with Crippen LogP contribution in [0.2, 0.25) is 0 Å². The van der Waals surface area contributed by atoms with Crippen LogP contribution in [0.1, 0.15) is 44.9 Å². The molecule has 0 spiro atoms. The number of hydrogen-bond acceptors (Lipinski definition) is 5. The highest BCUT2D eigenvalue weighted by atomic mass is 19.3. The van der Waals surface area contributed by atoms with Crippen LogP contribution < -0.4 is 10.2 Å². The van der Waals surface area contributed by atoms with E-state index >= 15 is 0 Å². The first kappa shape index (κ1) is 15.4. The van der Waals surface area contributed by atoms with Crippen molar-refractivity contribution in [3.8, 4) is 0 Å². The molecule has 1 aromatic rings. The second-order valence-electron chi connectivity index (χ2n) is 6.53. The normalized spacial score (nSPS) is 25.5. The molecule has 1 aliphatic heterocycles. The Balaban J connectivity index is 1.75. The van der Waals surface area contributed by atoms with Crippen molar-refractivity contribution < 1.29 is 8.78 Å². The number of nitrogens with zero attached hydrogens (tertiary/aromatic N) is 4. The number of aromatic nitrogens is 3. The second kappa shape index (κ2) is 5.93. The Morgan fingerprint density at radius 2 is 1.86 bits per heavy atom. The van der Waals surface area contributed by atoms with E-state index in [0.29, 0.717) is 23.8 Å². The van der Waals surface area contributed by atoms with Gasteiger partial charge in [0.1, 0.15) is 5.82 Å². The average Bonchev–Trinajstić information content (AvgIpc) is 2.73. The molecule has 122 valence electrons. The minimum absolute atomic E-state index is 0.277. The Morgan fingerprint density at radius 3 is 2.50 bits per heavy atom. The summed E-state index contributed by atoms with van der Waals surface area (Å²) in [7, 11) is 0. The summed E-state index contributed by atoms with van der Waals surface area (Å²) < 4.78 is 27.4. The SMILES string of the molecule is Cc1nc(NC2CCCCC2)nc(N2CC(C)C(F)(F)C2)n1. The van der Waals surface area contributed by atoms with Crippen LogP contribution >= 0.6 is 0 Å². The molecule has 0 amide bonds. The molecular formula is C15H23F2N5. The Kier molecular flexibility index (Phi) is 4.14. The molecule has 2 heterocycles. The van der Waals surface area contributed by atoms with E-state index in [-0.39, 0.29) is 13.1 Å². The molecule has 22 heavy (non-hydrogen) atoms. The van der Waals surface area contributed by atoms with Crippen molar-refractivity contribution in [2.24, 2.45) is 5.92 Å². The van der Waals surface area contributed by atoms with E-state index in [4.69, 9.17) is 0 Å². The fraction of sp³-hybridized carbons (Fsp3) is 0.800. The van der Waals surface area contributed by atoms with Crippen LogP contribution in [0.5, 0.6) is 0 Å². The minimum Gasteiger partial charge on any atom is -0.351 e. The second-order valence-corrected chi connectivity index (χ2v) is 6.53. The zero-order valence-electron chi connectivity index (χ0n) is 13.1. The predicted molar refractivity (Wildman–Crippen MR) is 81.4 cm³/mol. The van der Waals surface area contributed by atoms with Gasteiger partial charge in [-0.25, -0.2) is 8.78 Å². The third-order valence-electron chi connectivity index (χ3n) is 4.57. The minimum atomic E-state index is -2.68. The fourth-order valence-electron chi connectivity index (χ4n) is 3.19. The number of halogens is 2. The van der Waals surface area contributed by atoms with Crippen LogP contribution in [0.4, 0.5) is 20.7 Å². The van der Waals surface area contributed by atoms with Crippen LogP contribution in [-0.2, 0) is 0 Å². The van der Waals surface area contributed by atoms with Gasteiger partial charge < -0.3 is 10.2 Å². The molecule has 1 unspecified atom stereocenters. The summed E-state index contributed by atoms with van der Waals surface area (Å²) >= 11 is 0. The van der Waals surface area contributed by atoms with Crippen LogP contribution in [0.25, 0.3) is 0 Å². The number of alkyl halides is 2. The van der Waals surface area contributed by atoms with Gasteiger partial charge in [-0.1, -0.05) is 26.2 Å². The molecule has 1 atom stereocenters. The lowest BCUT2D eigenvalue weighted by Crippen LogP contribution is -2.29. The molecule has 0 bridgehead atoms. The number of anilines is 2. The first-order valence-electron chi connectivity index (χ1n) is 8.06. The van der Waals surface area contributed by atoms with Crippen molar-refractivity contribution in [3.63, 3.8) is 0 Å². The molecular weight excluding hydrogens is 288 g/mol. The molecule has 2 fully saturated rings. The summed E-state index contributed by atoms with van der Waals surface area (Å²) in [5.74, 6) is -1.94. The third-order valence-corrected chi connectivity index (χ3v) is 4.57. The largest absolute Gasteiger partial charge is 0.351 e. The highest BCUT2D eigenvalue weighted by molar-refractivity contribution is 5.39. The highest BCUT2D eigenvalue weighted by Gasteiger charge is 2.46. The van der Waals surface area contributed by atoms with Gasteiger partial charge in [0.25, 0.3) is 5.92 Å². The van der Waals surface area contributed by atoms with Gasteiger partial charge >= 0.3 is 0 Å². The summed E-state index contributed by atoms with van der Waals surface area (Å²) in [6.07, 6.45) is 5.92. The van der Waals surface area contributed by atoms with Crippen LogP contribution in [-0.4, -0.2) is 40.0 Å². The van der Waals surface area contributed by atoms with Gasteiger partial charge in [0.2, 0.25) is 11.9 Å². The van der Waals surface area contributed by atoms with Gasteiger partial charge in [-0.15, -0.1) is 0 Å². The molecule has 1 saturated heterocycles.